The number of ether oxygens (including phenoxy) is 1. The molecular formula is C14H17N3O4. The summed E-state index contributed by atoms with van der Waals surface area (Å²) in [6, 6.07) is 4.65. The van der Waals surface area contributed by atoms with Crippen LogP contribution in [0.2, 0.25) is 0 Å². The molecule has 3 amide bonds. The van der Waals surface area contributed by atoms with E-state index in [1.54, 1.807) is 18.2 Å². The Morgan fingerprint density at radius 2 is 2.19 bits per heavy atom. The van der Waals surface area contributed by atoms with Crippen molar-refractivity contribution in [2.75, 3.05) is 32.1 Å². The Morgan fingerprint density at radius 1 is 1.43 bits per heavy atom. The van der Waals surface area contributed by atoms with Gasteiger partial charge in [-0.1, -0.05) is 0 Å². The Balaban J connectivity index is 1.98. The Labute approximate surface area is 122 Å². The summed E-state index contributed by atoms with van der Waals surface area (Å²) in [4.78, 5) is 35.8. The predicted molar refractivity (Wildman–Crippen MR) is 76.1 cm³/mol. The zero-order chi connectivity index (χ0) is 15.4. The number of carbonyl (C=O) groups is 3. The minimum absolute atomic E-state index is 0.0197. The first kappa shape index (κ1) is 14.8. The first-order valence-corrected chi connectivity index (χ1v) is 6.54. The third-order valence-corrected chi connectivity index (χ3v) is 3.24. The molecule has 2 N–H and O–H groups in total. The van der Waals surface area contributed by atoms with Gasteiger partial charge in [0.2, 0.25) is 5.91 Å². The van der Waals surface area contributed by atoms with Crippen molar-refractivity contribution < 1.29 is 19.1 Å². The average Bonchev–Trinajstić information content (AvgIpc) is 2.91. The van der Waals surface area contributed by atoms with Gasteiger partial charge >= 0.3 is 12.0 Å². The van der Waals surface area contributed by atoms with E-state index in [0.29, 0.717) is 18.7 Å². The Morgan fingerprint density at radius 3 is 2.76 bits per heavy atom. The summed E-state index contributed by atoms with van der Waals surface area (Å²) in [5.41, 5.74) is 2.00. The van der Waals surface area contributed by atoms with E-state index in [9.17, 15) is 14.4 Å². The smallest absolute Gasteiger partial charge is 0.337 e. The van der Waals surface area contributed by atoms with E-state index in [4.69, 9.17) is 0 Å². The number of benzene rings is 1. The van der Waals surface area contributed by atoms with Gasteiger partial charge in [0, 0.05) is 18.8 Å². The van der Waals surface area contributed by atoms with Crippen LogP contribution in [0.5, 0.6) is 0 Å². The van der Waals surface area contributed by atoms with Crippen LogP contribution in [0, 0.1) is 6.92 Å². The van der Waals surface area contributed by atoms with Gasteiger partial charge < -0.3 is 15.4 Å². The minimum atomic E-state index is -0.408. The highest BCUT2D eigenvalue weighted by Gasteiger charge is 2.25. The van der Waals surface area contributed by atoms with Crippen molar-refractivity contribution in [3.63, 3.8) is 0 Å². The van der Waals surface area contributed by atoms with E-state index < -0.39 is 5.97 Å². The number of imide groups is 1. The Bertz CT molecular complexity index is 586. The largest absolute Gasteiger partial charge is 0.465 e. The quantitative estimate of drug-likeness (QED) is 0.799. The fourth-order valence-corrected chi connectivity index (χ4v) is 2.08. The van der Waals surface area contributed by atoms with Crippen molar-refractivity contribution in [2.45, 2.75) is 6.92 Å². The molecular weight excluding hydrogens is 274 g/mol. The molecule has 1 aromatic rings. The molecule has 0 aliphatic carbocycles. The lowest BCUT2D eigenvalue weighted by Crippen LogP contribution is -2.38. The summed E-state index contributed by atoms with van der Waals surface area (Å²) in [5.74, 6) is -0.698. The number of carbonyl (C=O) groups excluding carboxylic acids is 3. The number of rotatable bonds is 4. The van der Waals surface area contributed by atoms with Crippen LogP contribution < -0.4 is 10.6 Å². The van der Waals surface area contributed by atoms with Crippen molar-refractivity contribution in [3.8, 4) is 0 Å². The maximum Gasteiger partial charge on any atom is 0.337 e. The second-order valence-electron chi connectivity index (χ2n) is 4.65. The lowest BCUT2D eigenvalue weighted by Gasteiger charge is -2.14. The number of hydrogen-bond donors (Lipinski definition) is 2. The highest BCUT2D eigenvalue weighted by molar-refractivity contribution is 5.97. The second-order valence-corrected chi connectivity index (χ2v) is 4.65. The average molecular weight is 291 g/mol. The lowest BCUT2D eigenvalue weighted by molar-refractivity contribution is -0.125. The number of nitrogens with one attached hydrogen (secondary N) is 2. The van der Waals surface area contributed by atoms with Crippen LogP contribution >= 0.6 is 0 Å². The summed E-state index contributed by atoms with van der Waals surface area (Å²) in [7, 11) is 1.32. The second kappa shape index (κ2) is 6.25. The van der Waals surface area contributed by atoms with Crippen LogP contribution in [0.3, 0.4) is 0 Å². The van der Waals surface area contributed by atoms with Crippen LogP contribution in [0.4, 0.5) is 10.5 Å². The summed E-state index contributed by atoms with van der Waals surface area (Å²) in [6.07, 6.45) is 0. The van der Waals surface area contributed by atoms with E-state index in [1.165, 1.54) is 12.0 Å². The van der Waals surface area contributed by atoms with Crippen molar-refractivity contribution in [3.05, 3.63) is 29.3 Å². The third kappa shape index (κ3) is 3.31. The number of nitrogens with zero attached hydrogens (tertiary/aromatic N) is 1. The molecule has 1 heterocycles. The third-order valence-electron chi connectivity index (χ3n) is 3.24. The van der Waals surface area contributed by atoms with E-state index in [2.05, 4.69) is 15.4 Å². The molecule has 1 fully saturated rings. The monoisotopic (exact) mass is 291 g/mol. The van der Waals surface area contributed by atoms with Gasteiger partial charge in [0.1, 0.15) is 0 Å². The van der Waals surface area contributed by atoms with Crippen molar-refractivity contribution in [1.29, 1.82) is 0 Å². The highest BCUT2D eigenvalue weighted by atomic mass is 16.5. The van der Waals surface area contributed by atoms with Crippen LogP contribution in [0.1, 0.15) is 15.9 Å². The van der Waals surface area contributed by atoms with Crippen LogP contribution in [0.15, 0.2) is 18.2 Å². The summed E-state index contributed by atoms with van der Waals surface area (Å²) < 4.78 is 4.64. The molecule has 1 aliphatic rings. The van der Waals surface area contributed by atoms with E-state index in [-0.39, 0.29) is 18.5 Å². The standard InChI is InChI=1S/C14H17N3O4/c1-9-7-10(13(19)21-2)3-4-11(9)16-8-12(18)17-6-5-15-14(17)20/h3-4,7,16H,5-6,8H2,1-2H3,(H,15,20). The van der Waals surface area contributed by atoms with Crippen LogP contribution in [0.25, 0.3) is 0 Å². The van der Waals surface area contributed by atoms with Crippen molar-refractivity contribution in [1.82, 2.24) is 10.2 Å². The summed E-state index contributed by atoms with van der Waals surface area (Å²) >= 11 is 0. The molecule has 2 rings (SSSR count). The number of esters is 1. The molecule has 1 aliphatic heterocycles. The molecule has 0 radical (unpaired) electrons. The number of aryl methyl sites for hydroxylation is 1. The van der Waals surface area contributed by atoms with Gasteiger partial charge in [-0.25, -0.2) is 9.59 Å². The number of methoxy groups -OCH3 is 1. The van der Waals surface area contributed by atoms with E-state index in [1.807, 2.05) is 6.92 Å². The van der Waals surface area contributed by atoms with E-state index >= 15 is 0 Å². The van der Waals surface area contributed by atoms with E-state index in [0.717, 1.165) is 11.3 Å². The van der Waals surface area contributed by atoms with Gasteiger partial charge in [-0.3, -0.25) is 9.69 Å². The first-order chi connectivity index (χ1) is 10.0. The fourth-order valence-electron chi connectivity index (χ4n) is 2.08. The summed E-state index contributed by atoms with van der Waals surface area (Å²) in [6.45, 7) is 2.71. The zero-order valence-corrected chi connectivity index (χ0v) is 11.9. The molecule has 1 saturated heterocycles. The van der Waals surface area contributed by atoms with Crippen molar-refractivity contribution >= 4 is 23.6 Å². The predicted octanol–water partition coefficient (Wildman–Crippen LogP) is 0.745. The molecule has 0 aromatic heterocycles. The van der Waals surface area contributed by atoms with Gasteiger partial charge in [-0.2, -0.15) is 0 Å². The molecule has 112 valence electrons. The topological polar surface area (TPSA) is 87.7 Å². The minimum Gasteiger partial charge on any atom is -0.465 e. The zero-order valence-electron chi connectivity index (χ0n) is 11.9. The normalized spacial score (nSPS) is 13.8. The molecule has 21 heavy (non-hydrogen) atoms. The number of amides is 3. The SMILES string of the molecule is COC(=O)c1ccc(NCC(=O)N2CCNC2=O)c(C)c1. The fraction of sp³-hybridized carbons (Fsp3) is 0.357. The lowest BCUT2D eigenvalue weighted by atomic mass is 10.1. The van der Waals surface area contributed by atoms with Crippen molar-refractivity contribution in [2.24, 2.45) is 0 Å². The molecule has 0 bridgehead atoms. The van der Waals surface area contributed by atoms with Gasteiger partial charge in [0.05, 0.1) is 19.2 Å². The first-order valence-electron chi connectivity index (χ1n) is 6.54. The molecule has 1 aromatic carbocycles. The molecule has 0 spiro atoms. The van der Waals surface area contributed by atoms with Crippen LogP contribution in [-0.4, -0.2) is 49.6 Å². The highest BCUT2D eigenvalue weighted by Crippen LogP contribution is 2.17. The number of urea groups is 1. The van der Waals surface area contributed by atoms with Gasteiger partial charge in [-0.15, -0.1) is 0 Å². The number of hydrogen-bond acceptors (Lipinski definition) is 5. The van der Waals surface area contributed by atoms with Gasteiger partial charge in [0.15, 0.2) is 0 Å². The number of anilines is 1. The molecule has 0 atom stereocenters. The molecule has 0 unspecified atom stereocenters. The molecule has 7 heteroatoms. The molecule has 7 nitrogen and oxygen atoms in total. The summed E-state index contributed by atoms with van der Waals surface area (Å²) in [5, 5.41) is 5.54. The Kier molecular flexibility index (Phi) is 4.42. The van der Waals surface area contributed by atoms with Gasteiger partial charge in [0.25, 0.3) is 0 Å². The van der Waals surface area contributed by atoms with Crippen LogP contribution in [-0.2, 0) is 9.53 Å². The molecule has 0 saturated carbocycles. The Hall–Kier alpha value is -2.57. The maximum absolute atomic E-state index is 11.9. The maximum atomic E-state index is 11.9. The van der Waals surface area contributed by atoms with Gasteiger partial charge in [-0.05, 0) is 30.7 Å².